The lowest BCUT2D eigenvalue weighted by molar-refractivity contribution is 0.300. The summed E-state index contributed by atoms with van der Waals surface area (Å²) < 4.78 is 11.8. The Hall–Kier alpha value is -1.65. The summed E-state index contributed by atoms with van der Waals surface area (Å²) in [6.07, 6.45) is 11.1. The third-order valence-corrected chi connectivity index (χ3v) is 5.44. The summed E-state index contributed by atoms with van der Waals surface area (Å²) in [4.78, 5) is 2.31. The number of rotatable bonds is 13. The van der Waals surface area contributed by atoms with E-state index < -0.39 is 0 Å². The van der Waals surface area contributed by atoms with E-state index >= 15 is 0 Å². The van der Waals surface area contributed by atoms with E-state index in [4.69, 9.17) is 4.74 Å². The van der Waals surface area contributed by atoms with Crippen LogP contribution in [0.25, 0.3) is 10.1 Å². The highest BCUT2D eigenvalue weighted by Gasteiger charge is 2.07. The van der Waals surface area contributed by atoms with Crippen LogP contribution in [0.4, 0.5) is 0 Å². The van der Waals surface area contributed by atoms with Crippen molar-refractivity contribution >= 4 is 21.6 Å². The van der Waals surface area contributed by atoms with E-state index in [1.54, 1.807) is 11.5 Å². The molecule has 1 heterocycles. The normalized spacial score (nSPS) is 11.1. The molecule has 0 spiro atoms. The minimum absolute atomic E-state index is 0.792. The second kappa shape index (κ2) is 11.9. The molecule has 0 amide bonds. The van der Waals surface area contributed by atoms with Crippen LogP contribution in [-0.4, -0.2) is 36.0 Å². The Labute approximate surface area is 168 Å². The topological polar surface area (TPSA) is 25.4 Å². The Morgan fingerprint density at radius 2 is 2.04 bits per heavy atom. The molecular weight excluding hydrogens is 352 g/mol. The molecule has 0 unspecified atom stereocenters. The largest absolute Gasteiger partial charge is 0.494 e. The van der Waals surface area contributed by atoms with Crippen molar-refractivity contribution in [3.63, 3.8) is 0 Å². The average molecular weight is 387 g/mol. The van der Waals surface area contributed by atoms with Gasteiger partial charge in [0.15, 0.2) is 0 Å². The summed E-state index contributed by atoms with van der Waals surface area (Å²) in [5, 5.41) is 1.28. The van der Waals surface area contributed by atoms with Crippen molar-refractivity contribution in [3.05, 3.63) is 48.2 Å². The van der Waals surface area contributed by atoms with Crippen LogP contribution in [0.15, 0.2) is 42.5 Å². The summed E-state index contributed by atoms with van der Waals surface area (Å²) in [6, 6.07) is 6.40. The highest BCUT2D eigenvalue weighted by Crippen LogP contribution is 2.28. The maximum atomic E-state index is 5.95. The van der Waals surface area contributed by atoms with Crippen LogP contribution in [-0.2, 0) is 6.42 Å². The van der Waals surface area contributed by atoms with Crippen molar-refractivity contribution in [1.82, 2.24) is 9.27 Å². The highest BCUT2D eigenvalue weighted by atomic mass is 32.1. The molecule has 0 saturated carbocycles. The third-order valence-electron chi connectivity index (χ3n) is 4.60. The fourth-order valence-electron chi connectivity index (χ4n) is 3.08. The van der Waals surface area contributed by atoms with Gasteiger partial charge in [0.2, 0.25) is 0 Å². The van der Waals surface area contributed by atoms with Gasteiger partial charge in [-0.1, -0.05) is 30.6 Å². The number of fused-ring (bicyclic) bond motifs is 1. The van der Waals surface area contributed by atoms with E-state index in [0.717, 1.165) is 44.7 Å². The van der Waals surface area contributed by atoms with Crippen LogP contribution >= 0.6 is 11.5 Å². The zero-order valence-corrected chi connectivity index (χ0v) is 18.0. The van der Waals surface area contributed by atoms with Crippen molar-refractivity contribution in [2.24, 2.45) is 0 Å². The monoisotopic (exact) mass is 386 g/mol. The molecule has 3 nitrogen and oxygen atoms in total. The van der Waals surface area contributed by atoms with Gasteiger partial charge in [0.25, 0.3) is 0 Å². The third kappa shape index (κ3) is 7.86. The van der Waals surface area contributed by atoms with Gasteiger partial charge >= 0.3 is 0 Å². The molecule has 0 N–H and O–H groups in total. The molecule has 0 saturated heterocycles. The molecule has 0 bridgehead atoms. The standard InChI is InChI=1S/C23H34N2OS/c1-5-15-25(4)16-8-6-7-9-17-26-20-13-14-21-22(12-10-11-19(2)3)24-27-23(21)18-20/h5,11,13-14,18H,1,6-10,12,15-17H2,2-4H3. The molecule has 1 aromatic heterocycles. The smallest absolute Gasteiger partial charge is 0.120 e. The number of ether oxygens (including phenoxy) is 1. The first-order valence-corrected chi connectivity index (χ1v) is 10.8. The Balaban J connectivity index is 1.70. The molecule has 1 aromatic carbocycles. The van der Waals surface area contributed by atoms with Crippen molar-refractivity contribution in [2.45, 2.75) is 52.4 Å². The number of nitrogens with zero attached hydrogens (tertiary/aromatic N) is 2. The summed E-state index contributed by atoms with van der Waals surface area (Å²) >= 11 is 1.58. The van der Waals surface area contributed by atoms with Gasteiger partial charge in [-0.05, 0) is 82.9 Å². The lowest BCUT2D eigenvalue weighted by Gasteiger charge is -2.13. The fourth-order valence-corrected chi connectivity index (χ4v) is 3.93. The molecule has 0 aliphatic rings. The number of hydrogen-bond donors (Lipinski definition) is 0. The lowest BCUT2D eigenvalue weighted by atomic mass is 10.1. The Morgan fingerprint density at radius 1 is 1.22 bits per heavy atom. The SMILES string of the molecule is C=CCN(C)CCCCCCOc1ccc2c(CCC=C(C)C)nsc2c1. The summed E-state index contributed by atoms with van der Waals surface area (Å²) in [7, 11) is 2.15. The molecule has 4 heteroatoms. The van der Waals surface area contributed by atoms with Crippen molar-refractivity contribution in [1.29, 1.82) is 0 Å². The van der Waals surface area contributed by atoms with E-state index in [0.29, 0.717) is 0 Å². The molecule has 2 aromatic rings. The predicted molar refractivity (Wildman–Crippen MR) is 119 cm³/mol. The van der Waals surface area contributed by atoms with Gasteiger partial charge < -0.3 is 9.64 Å². The van der Waals surface area contributed by atoms with Crippen molar-refractivity contribution < 1.29 is 4.74 Å². The van der Waals surface area contributed by atoms with Crippen molar-refractivity contribution in [3.8, 4) is 5.75 Å². The van der Waals surface area contributed by atoms with Gasteiger partial charge in [0.1, 0.15) is 5.75 Å². The van der Waals surface area contributed by atoms with Crippen molar-refractivity contribution in [2.75, 3.05) is 26.7 Å². The summed E-state index contributed by atoms with van der Waals surface area (Å²) in [6.45, 7) is 11.0. The van der Waals surface area contributed by atoms with Gasteiger partial charge in [-0.2, -0.15) is 4.37 Å². The van der Waals surface area contributed by atoms with Crippen LogP contribution in [0.3, 0.4) is 0 Å². The number of benzene rings is 1. The molecular formula is C23H34N2OS. The number of allylic oxidation sites excluding steroid dienone is 2. The first kappa shape index (κ1) is 21.6. The second-order valence-electron chi connectivity index (χ2n) is 7.42. The van der Waals surface area contributed by atoms with Crippen LogP contribution in [0.2, 0.25) is 0 Å². The van der Waals surface area contributed by atoms with Gasteiger partial charge in [-0.15, -0.1) is 6.58 Å². The lowest BCUT2D eigenvalue weighted by Crippen LogP contribution is -2.19. The van der Waals surface area contributed by atoms with Gasteiger partial charge in [0.05, 0.1) is 17.0 Å². The minimum Gasteiger partial charge on any atom is -0.494 e. The molecule has 0 aliphatic heterocycles. The Morgan fingerprint density at radius 3 is 2.81 bits per heavy atom. The summed E-state index contributed by atoms with van der Waals surface area (Å²) in [5.41, 5.74) is 2.58. The van der Waals surface area contributed by atoms with E-state index in [2.05, 4.69) is 61.0 Å². The first-order valence-electron chi connectivity index (χ1n) is 10.0. The number of likely N-dealkylation sites (N-methyl/N-ethyl adjacent to an activating group) is 1. The Bertz CT molecular complexity index is 731. The van der Waals surface area contributed by atoms with Gasteiger partial charge in [0, 0.05) is 11.9 Å². The minimum atomic E-state index is 0.792. The number of hydrogen-bond acceptors (Lipinski definition) is 4. The molecule has 2 rings (SSSR count). The van der Waals surface area contributed by atoms with Gasteiger partial charge in [-0.3, -0.25) is 0 Å². The number of aromatic nitrogens is 1. The quantitative estimate of drug-likeness (QED) is 0.300. The highest BCUT2D eigenvalue weighted by molar-refractivity contribution is 7.13. The van der Waals surface area contributed by atoms with E-state index in [1.807, 2.05) is 6.08 Å². The van der Waals surface area contributed by atoms with E-state index in [-0.39, 0.29) is 0 Å². The average Bonchev–Trinajstić information content (AvgIpc) is 3.03. The first-order chi connectivity index (χ1) is 13.1. The maximum Gasteiger partial charge on any atom is 0.120 e. The molecule has 0 fully saturated rings. The summed E-state index contributed by atoms with van der Waals surface area (Å²) in [5.74, 6) is 0.965. The number of aryl methyl sites for hydroxylation is 1. The molecule has 0 atom stereocenters. The molecule has 0 radical (unpaired) electrons. The fraction of sp³-hybridized carbons (Fsp3) is 0.522. The van der Waals surface area contributed by atoms with Crippen LogP contribution in [0.5, 0.6) is 5.75 Å². The van der Waals surface area contributed by atoms with E-state index in [1.165, 1.54) is 40.6 Å². The zero-order chi connectivity index (χ0) is 19.5. The van der Waals surface area contributed by atoms with Crippen LogP contribution < -0.4 is 4.74 Å². The van der Waals surface area contributed by atoms with E-state index in [9.17, 15) is 0 Å². The molecule has 27 heavy (non-hydrogen) atoms. The predicted octanol–water partition coefficient (Wildman–Crippen LogP) is 6.25. The molecule has 148 valence electrons. The van der Waals surface area contributed by atoms with Gasteiger partial charge in [-0.25, -0.2) is 0 Å². The second-order valence-corrected chi connectivity index (χ2v) is 8.23. The maximum absolute atomic E-state index is 5.95. The van der Waals surface area contributed by atoms with Crippen LogP contribution in [0.1, 0.15) is 51.6 Å². The zero-order valence-electron chi connectivity index (χ0n) is 17.2. The molecule has 0 aliphatic carbocycles. The number of unbranched alkanes of at least 4 members (excludes halogenated alkanes) is 3. The van der Waals surface area contributed by atoms with Crippen LogP contribution in [0, 0.1) is 0 Å². The Kier molecular flexibility index (Phi) is 9.57.